The number of fused-ring (bicyclic) bond motifs is 3. The highest BCUT2D eigenvalue weighted by Gasteiger charge is 2.28. The van der Waals surface area contributed by atoms with Crippen LogP contribution in [0, 0.1) is 0 Å². The molecule has 1 aliphatic heterocycles. The second-order valence-corrected chi connectivity index (χ2v) is 7.69. The topological polar surface area (TPSA) is 29.5 Å². The lowest BCUT2D eigenvalue weighted by Crippen LogP contribution is -2.41. The van der Waals surface area contributed by atoms with Crippen LogP contribution < -0.4 is 4.74 Å². The van der Waals surface area contributed by atoms with E-state index in [-0.39, 0.29) is 5.91 Å². The lowest BCUT2D eigenvalue weighted by atomic mass is 9.94. The van der Waals surface area contributed by atoms with E-state index in [1.54, 1.807) is 11.3 Å². The van der Waals surface area contributed by atoms with Crippen molar-refractivity contribution in [3.63, 3.8) is 0 Å². The van der Waals surface area contributed by atoms with E-state index in [0.29, 0.717) is 12.6 Å². The Kier molecular flexibility index (Phi) is 4.31. The monoisotopic (exact) mass is 341 g/mol. The Morgan fingerprint density at radius 2 is 2.04 bits per heavy atom. The maximum Gasteiger partial charge on any atom is 0.264 e. The highest BCUT2D eigenvalue weighted by atomic mass is 32.1. The van der Waals surface area contributed by atoms with Crippen LogP contribution in [0.1, 0.15) is 54.3 Å². The lowest BCUT2D eigenvalue weighted by molar-refractivity contribution is 0.0653. The molecule has 24 heavy (non-hydrogen) atoms. The molecular formula is C20H23NO2S. The SMILES string of the molecule is CCN(C(=O)c1cc2c(s1)-c1ccccc1OC2)C1CCCCC1. The Bertz CT molecular complexity index is 746. The summed E-state index contributed by atoms with van der Waals surface area (Å²) in [5, 5.41) is 0. The van der Waals surface area contributed by atoms with Crippen LogP contribution in [0.15, 0.2) is 30.3 Å². The van der Waals surface area contributed by atoms with E-state index in [2.05, 4.69) is 17.9 Å². The average molecular weight is 341 g/mol. The minimum atomic E-state index is 0.196. The van der Waals surface area contributed by atoms with Gasteiger partial charge in [0.15, 0.2) is 0 Å². The maximum absolute atomic E-state index is 13.1. The first-order valence-corrected chi connectivity index (χ1v) is 9.75. The van der Waals surface area contributed by atoms with Crippen LogP contribution in [-0.4, -0.2) is 23.4 Å². The third kappa shape index (κ3) is 2.73. The molecule has 3 nitrogen and oxygen atoms in total. The molecule has 4 rings (SSSR count). The summed E-state index contributed by atoms with van der Waals surface area (Å²) in [6.45, 7) is 3.45. The van der Waals surface area contributed by atoms with Crippen molar-refractivity contribution in [2.45, 2.75) is 51.7 Å². The largest absolute Gasteiger partial charge is 0.488 e. The molecule has 1 aromatic heterocycles. The second-order valence-electron chi connectivity index (χ2n) is 6.63. The van der Waals surface area contributed by atoms with Crippen molar-refractivity contribution >= 4 is 17.2 Å². The van der Waals surface area contributed by atoms with Gasteiger partial charge in [-0.3, -0.25) is 4.79 Å². The minimum Gasteiger partial charge on any atom is -0.488 e. The number of thiophene rings is 1. The first kappa shape index (κ1) is 15.7. The lowest BCUT2D eigenvalue weighted by Gasteiger charge is -2.33. The first-order valence-electron chi connectivity index (χ1n) is 8.94. The molecular weight excluding hydrogens is 318 g/mol. The van der Waals surface area contributed by atoms with Gasteiger partial charge in [-0.25, -0.2) is 0 Å². The van der Waals surface area contributed by atoms with Gasteiger partial charge < -0.3 is 9.64 Å². The first-order chi connectivity index (χ1) is 11.8. The van der Waals surface area contributed by atoms with Crippen molar-refractivity contribution in [1.29, 1.82) is 0 Å². The predicted octanol–water partition coefficient (Wildman–Crippen LogP) is 5.10. The van der Waals surface area contributed by atoms with Gasteiger partial charge in [-0.05, 0) is 38.0 Å². The number of ether oxygens (including phenoxy) is 1. The van der Waals surface area contributed by atoms with Gasteiger partial charge in [0.2, 0.25) is 0 Å². The Labute approximate surface area is 147 Å². The standard InChI is InChI=1S/C20H23NO2S/c1-2-21(15-8-4-3-5-9-15)20(22)18-12-14-13-23-17-11-7-6-10-16(17)19(14)24-18/h6-7,10-12,15H,2-5,8-9,13H2,1H3. The minimum absolute atomic E-state index is 0.196. The zero-order valence-electron chi connectivity index (χ0n) is 14.1. The molecule has 126 valence electrons. The number of hydrogen-bond donors (Lipinski definition) is 0. The number of nitrogens with zero attached hydrogens (tertiary/aromatic N) is 1. The Morgan fingerprint density at radius 1 is 1.25 bits per heavy atom. The Hall–Kier alpha value is -1.81. The quantitative estimate of drug-likeness (QED) is 0.777. The summed E-state index contributed by atoms with van der Waals surface area (Å²) in [6, 6.07) is 10.6. The van der Waals surface area contributed by atoms with E-state index in [4.69, 9.17) is 4.74 Å². The summed E-state index contributed by atoms with van der Waals surface area (Å²) >= 11 is 1.62. The number of carbonyl (C=O) groups excluding carboxylic acids is 1. The third-order valence-electron chi connectivity index (χ3n) is 5.15. The van der Waals surface area contributed by atoms with Crippen molar-refractivity contribution in [2.75, 3.05) is 6.54 Å². The summed E-state index contributed by atoms with van der Waals surface area (Å²) in [7, 11) is 0. The average Bonchev–Trinajstić information content (AvgIpc) is 3.08. The number of benzene rings is 1. The van der Waals surface area contributed by atoms with Gasteiger partial charge >= 0.3 is 0 Å². The summed E-state index contributed by atoms with van der Waals surface area (Å²) in [4.78, 5) is 17.2. The smallest absolute Gasteiger partial charge is 0.264 e. The molecule has 0 bridgehead atoms. The number of hydrogen-bond acceptors (Lipinski definition) is 3. The molecule has 4 heteroatoms. The Balaban J connectivity index is 1.63. The molecule has 1 fully saturated rings. The molecule has 0 spiro atoms. The number of para-hydroxylation sites is 1. The highest BCUT2D eigenvalue weighted by molar-refractivity contribution is 7.17. The summed E-state index contributed by atoms with van der Waals surface area (Å²) < 4.78 is 5.83. The van der Waals surface area contributed by atoms with Crippen LogP contribution >= 0.6 is 11.3 Å². The van der Waals surface area contributed by atoms with Crippen LogP contribution in [0.5, 0.6) is 5.75 Å². The van der Waals surface area contributed by atoms with Gasteiger partial charge in [0.1, 0.15) is 12.4 Å². The molecule has 0 unspecified atom stereocenters. The molecule has 2 aliphatic rings. The molecule has 0 saturated heterocycles. The van der Waals surface area contributed by atoms with E-state index >= 15 is 0 Å². The maximum atomic E-state index is 13.1. The third-order valence-corrected chi connectivity index (χ3v) is 6.35. The highest BCUT2D eigenvalue weighted by Crippen LogP contribution is 2.42. The molecule has 1 aliphatic carbocycles. The molecule has 0 atom stereocenters. The summed E-state index contributed by atoms with van der Waals surface area (Å²) in [6.07, 6.45) is 6.10. The van der Waals surface area contributed by atoms with Gasteiger partial charge in [0, 0.05) is 28.6 Å². The van der Waals surface area contributed by atoms with E-state index < -0.39 is 0 Å². The van der Waals surface area contributed by atoms with E-state index in [9.17, 15) is 4.79 Å². The second kappa shape index (κ2) is 6.60. The van der Waals surface area contributed by atoms with Gasteiger partial charge in [-0.1, -0.05) is 31.4 Å². The van der Waals surface area contributed by atoms with E-state index in [1.165, 1.54) is 24.1 Å². The van der Waals surface area contributed by atoms with E-state index in [0.717, 1.165) is 41.1 Å². The molecule has 1 saturated carbocycles. The van der Waals surface area contributed by atoms with Crippen LogP contribution in [0.4, 0.5) is 0 Å². The van der Waals surface area contributed by atoms with Crippen LogP contribution in [0.3, 0.4) is 0 Å². The van der Waals surface area contributed by atoms with Crippen molar-refractivity contribution in [2.24, 2.45) is 0 Å². The molecule has 1 amide bonds. The summed E-state index contributed by atoms with van der Waals surface area (Å²) in [5.41, 5.74) is 2.25. The predicted molar refractivity (Wildman–Crippen MR) is 97.7 cm³/mol. The zero-order chi connectivity index (χ0) is 16.5. The number of carbonyl (C=O) groups is 1. The van der Waals surface area contributed by atoms with Crippen LogP contribution in [-0.2, 0) is 6.61 Å². The fourth-order valence-electron chi connectivity index (χ4n) is 3.91. The normalized spacial score (nSPS) is 16.9. The molecule has 0 N–H and O–H groups in total. The van der Waals surface area contributed by atoms with Crippen LogP contribution in [0.2, 0.25) is 0 Å². The van der Waals surface area contributed by atoms with Gasteiger partial charge in [-0.15, -0.1) is 11.3 Å². The van der Waals surface area contributed by atoms with Crippen LogP contribution in [0.25, 0.3) is 10.4 Å². The molecule has 0 radical (unpaired) electrons. The number of amides is 1. The molecule has 2 aromatic rings. The van der Waals surface area contributed by atoms with Crippen molar-refractivity contribution in [1.82, 2.24) is 4.90 Å². The fraction of sp³-hybridized carbons (Fsp3) is 0.450. The fourth-order valence-corrected chi connectivity index (χ4v) is 5.06. The molecule has 2 heterocycles. The van der Waals surface area contributed by atoms with Gasteiger partial charge in [0.05, 0.1) is 4.88 Å². The van der Waals surface area contributed by atoms with Crippen molar-refractivity contribution in [3.05, 3.63) is 40.8 Å². The molecule has 1 aromatic carbocycles. The van der Waals surface area contributed by atoms with Gasteiger partial charge in [-0.2, -0.15) is 0 Å². The van der Waals surface area contributed by atoms with Gasteiger partial charge in [0.25, 0.3) is 5.91 Å². The van der Waals surface area contributed by atoms with E-state index in [1.807, 2.05) is 24.3 Å². The number of rotatable bonds is 3. The Morgan fingerprint density at radius 3 is 2.83 bits per heavy atom. The zero-order valence-corrected chi connectivity index (χ0v) is 14.9. The van der Waals surface area contributed by atoms with Crippen molar-refractivity contribution < 1.29 is 9.53 Å². The van der Waals surface area contributed by atoms with Crippen molar-refractivity contribution in [3.8, 4) is 16.2 Å². The summed E-state index contributed by atoms with van der Waals surface area (Å²) in [5.74, 6) is 1.12.